The molecule has 0 saturated carbocycles. The first kappa shape index (κ1) is 14.7. The van der Waals surface area contributed by atoms with Crippen molar-refractivity contribution in [3.05, 3.63) is 63.0 Å². The van der Waals surface area contributed by atoms with Gasteiger partial charge in [-0.3, -0.25) is 0 Å². The molecule has 0 aliphatic carbocycles. The molecular formula is C17H15Cl2NS. The Morgan fingerprint density at radius 1 is 1.05 bits per heavy atom. The zero-order valence-corrected chi connectivity index (χ0v) is 14.1. The van der Waals surface area contributed by atoms with Gasteiger partial charge in [-0.25, -0.2) is 0 Å². The quantitative estimate of drug-likeness (QED) is 0.562. The van der Waals surface area contributed by atoms with Gasteiger partial charge in [-0.05, 0) is 49.1 Å². The summed E-state index contributed by atoms with van der Waals surface area (Å²) >= 11 is 14.3. The molecule has 2 aromatic carbocycles. The maximum absolute atomic E-state index is 6.29. The molecule has 1 atom stereocenters. The fourth-order valence-corrected chi connectivity index (χ4v) is 3.78. The van der Waals surface area contributed by atoms with Gasteiger partial charge in [0.1, 0.15) is 0 Å². The predicted octanol–water partition coefficient (Wildman–Crippen LogP) is 6.69. The number of aryl methyl sites for hydroxylation is 1. The van der Waals surface area contributed by atoms with Gasteiger partial charge in [0.05, 0.1) is 16.8 Å². The molecule has 0 radical (unpaired) electrons. The number of benzene rings is 2. The molecule has 0 aliphatic rings. The van der Waals surface area contributed by atoms with Crippen molar-refractivity contribution < 1.29 is 0 Å². The number of halogens is 2. The summed E-state index contributed by atoms with van der Waals surface area (Å²) in [5, 5.41) is 6.15. The summed E-state index contributed by atoms with van der Waals surface area (Å²) in [4.78, 5) is 1.28. The summed E-state index contributed by atoms with van der Waals surface area (Å²) in [6.45, 7) is 4.09. The van der Waals surface area contributed by atoms with Crippen LogP contribution in [0.4, 0.5) is 5.69 Å². The van der Waals surface area contributed by atoms with Crippen LogP contribution in [0.25, 0.3) is 10.1 Å². The second-order valence-corrected chi connectivity index (χ2v) is 7.06. The van der Waals surface area contributed by atoms with Crippen molar-refractivity contribution in [2.24, 2.45) is 0 Å². The smallest absolute Gasteiger partial charge is 0.0641 e. The highest BCUT2D eigenvalue weighted by molar-refractivity contribution is 7.19. The molecular weight excluding hydrogens is 321 g/mol. The lowest BCUT2D eigenvalue weighted by Crippen LogP contribution is -2.05. The fraction of sp³-hybridized carbons (Fsp3) is 0.176. The van der Waals surface area contributed by atoms with E-state index < -0.39 is 0 Å². The van der Waals surface area contributed by atoms with E-state index in [-0.39, 0.29) is 6.04 Å². The van der Waals surface area contributed by atoms with Crippen LogP contribution in [0, 0.1) is 6.92 Å². The summed E-state index contributed by atoms with van der Waals surface area (Å²) in [6.07, 6.45) is 0. The van der Waals surface area contributed by atoms with E-state index in [0.717, 1.165) is 16.3 Å². The Morgan fingerprint density at radius 3 is 2.57 bits per heavy atom. The van der Waals surface area contributed by atoms with Crippen molar-refractivity contribution in [1.82, 2.24) is 0 Å². The largest absolute Gasteiger partial charge is 0.376 e. The molecule has 4 heteroatoms. The highest BCUT2D eigenvalue weighted by atomic mass is 35.5. The fourth-order valence-electron chi connectivity index (χ4n) is 2.28. The SMILES string of the molecule is Cc1cc(Cl)c(NC(C)c2cc3ccccc3s2)cc1Cl. The third kappa shape index (κ3) is 3.03. The molecule has 0 spiro atoms. The second-order valence-electron chi connectivity index (χ2n) is 5.13. The monoisotopic (exact) mass is 335 g/mol. The van der Waals surface area contributed by atoms with E-state index in [9.17, 15) is 0 Å². The van der Waals surface area contributed by atoms with Crippen LogP contribution >= 0.6 is 34.5 Å². The van der Waals surface area contributed by atoms with Gasteiger partial charge in [-0.2, -0.15) is 0 Å². The Bertz CT molecular complexity index is 762. The van der Waals surface area contributed by atoms with Crippen molar-refractivity contribution in [3.8, 4) is 0 Å². The molecule has 3 aromatic rings. The van der Waals surface area contributed by atoms with Gasteiger partial charge in [0.25, 0.3) is 0 Å². The molecule has 1 N–H and O–H groups in total. The third-order valence-electron chi connectivity index (χ3n) is 3.49. The Labute approximate surface area is 138 Å². The Hall–Kier alpha value is -1.22. The number of hydrogen-bond acceptors (Lipinski definition) is 2. The van der Waals surface area contributed by atoms with Crippen LogP contribution in [0.15, 0.2) is 42.5 Å². The minimum absolute atomic E-state index is 0.179. The van der Waals surface area contributed by atoms with Crippen LogP contribution in [0.5, 0.6) is 0 Å². The topological polar surface area (TPSA) is 12.0 Å². The summed E-state index contributed by atoms with van der Waals surface area (Å²) < 4.78 is 1.30. The number of thiophene rings is 1. The average molecular weight is 336 g/mol. The summed E-state index contributed by atoms with van der Waals surface area (Å²) in [5.74, 6) is 0. The maximum atomic E-state index is 6.29. The van der Waals surface area contributed by atoms with Crippen molar-refractivity contribution in [2.45, 2.75) is 19.9 Å². The summed E-state index contributed by atoms with van der Waals surface area (Å²) in [6, 6.07) is 14.6. The van der Waals surface area contributed by atoms with Crippen LogP contribution in [-0.4, -0.2) is 0 Å². The van der Waals surface area contributed by atoms with Crippen molar-refractivity contribution in [2.75, 3.05) is 5.32 Å². The number of nitrogens with one attached hydrogen (secondary N) is 1. The van der Waals surface area contributed by atoms with Crippen molar-refractivity contribution in [3.63, 3.8) is 0 Å². The molecule has 0 aliphatic heterocycles. The molecule has 1 nitrogen and oxygen atoms in total. The van der Waals surface area contributed by atoms with Crippen LogP contribution in [0.1, 0.15) is 23.4 Å². The predicted molar refractivity (Wildman–Crippen MR) is 95.1 cm³/mol. The first-order valence-corrected chi connectivity index (χ1v) is 8.32. The summed E-state index contributed by atoms with van der Waals surface area (Å²) in [5.41, 5.74) is 1.86. The highest BCUT2D eigenvalue weighted by Gasteiger charge is 2.12. The van der Waals surface area contributed by atoms with Crippen molar-refractivity contribution >= 4 is 50.3 Å². The number of hydrogen-bond donors (Lipinski definition) is 1. The molecule has 108 valence electrons. The third-order valence-corrected chi connectivity index (χ3v) is 5.51. The van der Waals surface area contributed by atoms with Crippen LogP contribution in [-0.2, 0) is 0 Å². The van der Waals surface area contributed by atoms with Gasteiger partial charge in [-0.1, -0.05) is 41.4 Å². The van der Waals surface area contributed by atoms with E-state index in [1.807, 2.05) is 19.1 Å². The maximum Gasteiger partial charge on any atom is 0.0641 e. The lowest BCUT2D eigenvalue weighted by atomic mass is 10.2. The molecule has 3 rings (SSSR count). The Kier molecular flexibility index (Phi) is 4.12. The molecule has 0 amide bonds. The van der Waals surface area contributed by atoms with Crippen LogP contribution < -0.4 is 5.32 Å². The van der Waals surface area contributed by atoms with E-state index in [1.54, 1.807) is 11.3 Å². The minimum atomic E-state index is 0.179. The van der Waals surface area contributed by atoms with Crippen LogP contribution in [0.3, 0.4) is 0 Å². The molecule has 21 heavy (non-hydrogen) atoms. The van der Waals surface area contributed by atoms with E-state index in [4.69, 9.17) is 23.2 Å². The standard InChI is InChI=1S/C17H15Cl2NS/c1-10-7-14(19)15(9-13(10)18)20-11(2)17-8-12-5-3-4-6-16(12)21-17/h3-9,11,20H,1-2H3. The highest BCUT2D eigenvalue weighted by Crippen LogP contribution is 2.34. The number of rotatable bonds is 3. The van der Waals surface area contributed by atoms with Gasteiger partial charge >= 0.3 is 0 Å². The Balaban J connectivity index is 1.89. The van der Waals surface area contributed by atoms with Gasteiger partial charge in [0.15, 0.2) is 0 Å². The van der Waals surface area contributed by atoms with E-state index in [0.29, 0.717) is 5.02 Å². The van der Waals surface area contributed by atoms with Gasteiger partial charge < -0.3 is 5.32 Å². The first-order chi connectivity index (χ1) is 10.0. The molecule has 0 fully saturated rings. The van der Waals surface area contributed by atoms with E-state index in [1.165, 1.54) is 15.0 Å². The van der Waals surface area contributed by atoms with Crippen molar-refractivity contribution in [1.29, 1.82) is 0 Å². The minimum Gasteiger partial charge on any atom is -0.376 e. The van der Waals surface area contributed by atoms with E-state index >= 15 is 0 Å². The zero-order valence-electron chi connectivity index (χ0n) is 11.8. The number of fused-ring (bicyclic) bond motifs is 1. The van der Waals surface area contributed by atoms with E-state index in [2.05, 4.69) is 42.6 Å². The number of anilines is 1. The van der Waals surface area contributed by atoms with Gasteiger partial charge in [0.2, 0.25) is 0 Å². The molecule has 1 heterocycles. The normalized spacial score (nSPS) is 12.6. The second kappa shape index (κ2) is 5.88. The lowest BCUT2D eigenvalue weighted by molar-refractivity contribution is 0.909. The van der Waals surface area contributed by atoms with Gasteiger partial charge in [-0.15, -0.1) is 11.3 Å². The average Bonchev–Trinajstić information content (AvgIpc) is 2.88. The summed E-state index contributed by atoms with van der Waals surface area (Å²) in [7, 11) is 0. The molecule has 1 unspecified atom stereocenters. The molecule has 1 aromatic heterocycles. The van der Waals surface area contributed by atoms with Crippen LogP contribution in [0.2, 0.25) is 10.0 Å². The molecule has 0 saturated heterocycles. The molecule has 0 bridgehead atoms. The van der Waals surface area contributed by atoms with Gasteiger partial charge in [0, 0.05) is 14.6 Å². The zero-order chi connectivity index (χ0) is 15.0. The lowest BCUT2D eigenvalue weighted by Gasteiger charge is -2.16. The Morgan fingerprint density at radius 2 is 1.81 bits per heavy atom. The first-order valence-electron chi connectivity index (χ1n) is 6.75.